The van der Waals surface area contributed by atoms with Gasteiger partial charge in [0.05, 0.1) is 42.3 Å². The van der Waals surface area contributed by atoms with E-state index in [1.54, 1.807) is 29.0 Å². The highest BCUT2D eigenvalue weighted by Gasteiger charge is 2.66. The molecular weight excluding hydrogens is 871 g/mol. The molecule has 2 unspecified atom stereocenters. The second kappa shape index (κ2) is 18.8. The van der Waals surface area contributed by atoms with Gasteiger partial charge < -0.3 is 23.8 Å². The van der Waals surface area contributed by atoms with Crippen molar-refractivity contribution in [2.45, 2.75) is 97.4 Å². The van der Waals surface area contributed by atoms with Crippen molar-refractivity contribution < 1.29 is 33.4 Å². The maximum Gasteiger partial charge on any atom is 0.324 e. The number of likely N-dealkylation sites (tertiary alicyclic amines) is 1. The van der Waals surface area contributed by atoms with E-state index in [9.17, 15) is 14.4 Å². The second-order valence-electron chi connectivity index (χ2n) is 21.3. The molecule has 1 N–H and O–H groups in total. The van der Waals surface area contributed by atoms with E-state index in [4.69, 9.17) is 9.47 Å². The molecule has 2 aromatic heterocycles. The van der Waals surface area contributed by atoms with Crippen molar-refractivity contribution in [3.8, 4) is 34.2 Å². The lowest BCUT2D eigenvalue weighted by molar-refractivity contribution is -0.157. The maximum absolute atomic E-state index is 15.2. The van der Waals surface area contributed by atoms with Crippen molar-refractivity contribution in [1.82, 2.24) is 34.7 Å². The normalized spacial score (nSPS) is 25.5. The maximum atomic E-state index is 15.2. The molecule has 2 aliphatic carbocycles. The fraction of sp³-hybridized carbons (Fsp3) is 0.527. The van der Waals surface area contributed by atoms with Gasteiger partial charge in [0.25, 0.3) is 5.91 Å². The van der Waals surface area contributed by atoms with Gasteiger partial charge in [0.1, 0.15) is 6.04 Å². The molecule has 14 heteroatoms. The van der Waals surface area contributed by atoms with Gasteiger partial charge in [-0.2, -0.15) is 0 Å². The van der Waals surface area contributed by atoms with Gasteiger partial charge in [-0.05, 0) is 111 Å². The number of aromatic nitrogens is 2. The lowest BCUT2D eigenvalue weighted by Crippen LogP contribution is -2.58. The van der Waals surface area contributed by atoms with Crippen LogP contribution in [0, 0.1) is 40.4 Å². The smallest absolute Gasteiger partial charge is 0.324 e. The molecule has 7 atom stereocenters. The van der Waals surface area contributed by atoms with Crippen LogP contribution in [-0.4, -0.2) is 132 Å². The summed E-state index contributed by atoms with van der Waals surface area (Å²) in [6, 6.07) is 15.3. The third kappa shape index (κ3) is 8.65. The molecule has 3 amide bonds. The molecule has 2 aromatic carbocycles. The number of hydrazine groups is 1. The molecule has 5 aliphatic rings. The van der Waals surface area contributed by atoms with Gasteiger partial charge in [-0.1, -0.05) is 63.9 Å². The average molecular weight is 938 g/mol. The highest BCUT2D eigenvalue weighted by atomic mass is 16.5. The monoisotopic (exact) mass is 938 g/mol. The number of carbonyl (C=O) groups is 5. The number of aryl methyl sites for hydroxylation is 1. The topological polar surface area (TPSA) is 147 Å². The lowest BCUT2D eigenvalue weighted by atomic mass is 9.66. The first-order valence-electron chi connectivity index (χ1n) is 24.7. The molecule has 2 saturated heterocycles. The number of fused-ring (bicyclic) bond motifs is 8. The number of pyridine rings is 1. The van der Waals surface area contributed by atoms with Crippen LogP contribution in [0.15, 0.2) is 60.9 Å². The molecular formula is C55H67N7O7. The van der Waals surface area contributed by atoms with E-state index in [1.165, 1.54) is 0 Å². The van der Waals surface area contributed by atoms with Crippen LogP contribution in [0.1, 0.15) is 89.0 Å². The third-order valence-electron chi connectivity index (χ3n) is 15.6. The van der Waals surface area contributed by atoms with Crippen LogP contribution in [0.2, 0.25) is 0 Å². The number of nitrogens with zero attached hydrogens (tertiary/aromatic N) is 6. The quantitative estimate of drug-likeness (QED) is 0.159. The van der Waals surface area contributed by atoms with E-state index in [-0.39, 0.29) is 54.6 Å². The van der Waals surface area contributed by atoms with Gasteiger partial charge in [0.15, 0.2) is 5.78 Å². The Kier molecular flexibility index (Phi) is 13.1. The van der Waals surface area contributed by atoms with Crippen molar-refractivity contribution in [2.75, 3.05) is 61.0 Å². The van der Waals surface area contributed by atoms with E-state index >= 15 is 9.59 Å². The zero-order valence-electron chi connectivity index (χ0n) is 41.6. The fourth-order valence-corrected chi connectivity index (χ4v) is 12.1. The first kappa shape index (κ1) is 48.2. The molecule has 5 heterocycles. The summed E-state index contributed by atoms with van der Waals surface area (Å²) in [6.07, 6.45) is 5.52. The standard InChI is InChI=1S/C55H67N7O7/c1-10-61-43-19-18-36-27-39(43)45-46(50(68-9)38-20-22-56-30-40(38)48(45)61)54(4,5)32-69-52(66)42-16-12-24-62(57-42)53(67)55(28-34-14-11-15-35(36)26-34)29-41(55)49(64)47(33(2)3)59(8)51(65)37-21-25-60(31-37)44(63)17-13-23-58(6)7/h11,14-15,18-20,22,26-27,30,33,37,41-42,46-47,50,57H,10,12,16,21,23-25,28-29,31-32H2,1-9H3/t37-,41?,42-,46?,47-,50+,55-/m0/s1. The van der Waals surface area contributed by atoms with Gasteiger partial charge in [0.2, 0.25) is 11.8 Å². The van der Waals surface area contributed by atoms with Crippen molar-refractivity contribution >= 4 is 40.4 Å². The molecule has 1 saturated carbocycles. The summed E-state index contributed by atoms with van der Waals surface area (Å²) < 4.78 is 15.1. The summed E-state index contributed by atoms with van der Waals surface area (Å²) in [5.41, 5.74) is 9.82. The Balaban J connectivity index is 1.08. The number of likely N-dealkylation sites (N-methyl/N-ethyl adjacent to an activating group) is 1. The first-order valence-corrected chi connectivity index (χ1v) is 24.7. The van der Waals surface area contributed by atoms with Gasteiger partial charge in [-0.15, -0.1) is 0 Å². The Labute approximate surface area is 406 Å². The summed E-state index contributed by atoms with van der Waals surface area (Å²) in [6.45, 7) is 12.6. The van der Waals surface area contributed by atoms with Crippen molar-refractivity contribution in [3.63, 3.8) is 0 Å². The van der Waals surface area contributed by atoms with E-state index in [0.29, 0.717) is 51.7 Å². The molecule has 3 aliphatic heterocycles. The largest absolute Gasteiger partial charge is 0.464 e. The zero-order valence-corrected chi connectivity index (χ0v) is 41.6. The summed E-state index contributed by atoms with van der Waals surface area (Å²) in [7, 11) is 7.18. The van der Waals surface area contributed by atoms with E-state index in [1.807, 2.05) is 63.4 Å². The minimum absolute atomic E-state index is 0.103. The number of cyclic esters (lactones) is 1. The van der Waals surface area contributed by atoms with E-state index in [2.05, 4.69) is 77.9 Å². The Hall–Kier alpha value is -5.88. The number of hydrogen-bond donors (Lipinski definition) is 1. The molecule has 4 aromatic rings. The van der Waals surface area contributed by atoms with Crippen LogP contribution in [0.5, 0.6) is 0 Å². The number of nitrogens with one attached hydrogen (secondary N) is 1. The number of Topliss-reactive ketones (excluding diaryl/α,β-unsaturated/α-hetero) is 1. The van der Waals surface area contributed by atoms with Crippen molar-refractivity contribution in [3.05, 3.63) is 77.6 Å². The Bertz CT molecular complexity index is 2770. The predicted octanol–water partition coefficient (Wildman–Crippen LogP) is 6.27. The molecule has 364 valence electrons. The van der Waals surface area contributed by atoms with Crippen LogP contribution in [-0.2, 0) is 46.4 Å². The number of carbonyl (C=O) groups excluding carboxylic acids is 5. The van der Waals surface area contributed by atoms with Gasteiger partial charge in [-0.3, -0.25) is 38.9 Å². The predicted molar refractivity (Wildman–Crippen MR) is 263 cm³/mol. The molecule has 0 radical (unpaired) electrons. The van der Waals surface area contributed by atoms with Crippen LogP contribution in [0.25, 0.3) is 33.3 Å². The second-order valence-corrected chi connectivity index (χ2v) is 21.3. The number of benzene rings is 2. The molecule has 1 spiro atoms. The molecule has 6 bridgehead atoms. The van der Waals surface area contributed by atoms with E-state index in [0.717, 1.165) is 56.5 Å². The van der Waals surface area contributed by atoms with Crippen LogP contribution in [0.3, 0.4) is 0 Å². The molecule has 3 fully saturated rings. The fourth-order valence-electron chi connectivity index (χ4n) is 12.1. The SMILES string of the molecule is CCn1c2c3c4cc(ccc41)-c1cccc(c1)C[C@@]1(CC1C(=O)[C@H](C(C)C)N(C)C(=O)[C@H]1CCN(C(=O)C#CCN(C)C)C1)C(=O)N1CCC[C@H](N1)C(=O)OCC(C)(C)C3[C@H](OC)c1ccncc1-2. The van der Waals surface area contributed by atoms with Crippen LogP contribution in [0.4, 0.5) is 0 Å². The zero-order chi connectivity index (χ0) is 49.1. The average Bonchev–Trinajstić information content (AvgIpc) is 3.67. The number of rotatable bonds is 8. The summed E-state index contributed by atoms with van der Waals surface area (Å²) >= 11 is 0. The lowest BCUT2D eigenvalue weighted by Gasteiger charge is -2.43. The van der Waals surface area contributed by atoms with E-state index < -0.39 is 40.7 Å². The van der Waals surface area contributed by atoms with Crippen LogP contribution >= 0.6 is 0 Å². The van der Waals surface area contributed by atoms with Crippen molar-refractivity contribution in [1.29, 1.82) is 0 Å². The number of ketones is 1. The summed E-state index contributed by atoms with van der Waals surface area (Å²) in [4.78, 5) is 81.3. The molecule has 9 rings (SSSR count). The summed E-state index contributed by atoms with van der Waals surface area (Å²) in [5, 5.41) is 2.64. The van der Waals surface area contributed by atoms with Crippen LogP contribution < -0.4 is 5.43 Å². The number of methoxy groups -OCH3 is 1. The third-order valence-corrected chi connectivity index (χ3v) is 15.6. The minimum Gasteiger partial charge on any atom is -0.464 e. The van der Waals surface area contributed by atoms with Gasteiger partial charge in [-0.25, -0.2) is 5.43 Å². The van der Waals surface area contributed by atoms with Crippen molar-refractivity contribution in [2.24, 2.45) is 28.6 Å². The molecule has 69 heavy (non-hydrogen) atoms. The highest BCUT2D eigenvalue weighted by Crippen LogP contribution is 2.59. The highest BCUT2D eigenvalue weighted by molar-refractivity contribution is 6.01. The Morgan fingerprint density at radius 1 is 1.03 bits per heavy atom. The Morgan fingerprint density at radius 2 is 1.81 bits per heavy atom. The molecule has 14 nitrogen and oxygen atoms in total. The Morgan fingerprint density at radius 3 is 2.55 bits per heavy atom. The number of esters is 1. The minimum atomic E-state index is -1.12. The van der Waals surface area contributed by atoms with Gasteiger partial charge >= 0.3 is 5.97 Å². The van der Waals surface area contributed by atoms with Gasteiger partial charge in [0, 0.05) is 86.4 Å². The number of ether oxygens (including phenoxy) is 2. The number of hydrogen-bond acceptors (Lipinski definition) is 10. The summed E-state index contributed by atoms with van der Waals surface area (Å²) in [5.74, 6) is 2.65. The number of amides is 3. The first-order chi connectivity index (χ1) is 33.0.